The van der Waals surface area contributed by atoms with Crippen molar-refractivity contribution < 1.29 is 4.74 Å². The van der Waals surface area contributed by atoms with Crippen LogP contribution in [0.25, 0.3) is 16.2 Å². The van der Waals surface area contributed by atoms with Crippen LogP contribution in [-0.4, -0.2) is 23.0 Å². The number of para-hydroxylation sites is 1. The molecule has 2 aromatic heterocycles. The lowest BCUT2D eigenvalue weighted by Crippen LogP contribution is -2.06. The van der Waals surface area contributed by atoms with Gasteiger partial charge < -0.3 is 10.5 Å². The first-order valence-corrected chi connectivity index (χ1v) is 7.37. The number of nitrogens with zero attached hydrogens (tertiary/aromatic N) is 2. The molecule has 0 unspecified atom stereocenters. The molecule has 5 heteroatoms. The first-order chi connectivity index (χ1) is 9.74. The van der Waals surface area contributed by atoms with Crippen molar-refractivity contribution in [1.82, 2.24) is 9.38 Å². The molecular formula is C15H17N3OS. The quantitative estimate of drug-likeness (QED) is 0.802. The first kappa shape index (κ1) is 13.1. The van der Waals surface area contributed by atoms with Gasteiger partial charge in [0.1, 0.15) is 5.75 Å². The van der Waals surface area contributed by atoms with Gasteiger partial charge in [0.25, 0.3) is 0 Å². The highest BCUT2D eigenvalue weighted by molar-refractivity contribution is 7.17. The summed E-state index contributed by atoms with van der Waals surface area (Å²) in [7, 11) is 1.68. The lowest BCUT2D eigenvalue weighted by atomic mass is 10.1. The normalized spacial score (nSPS) is 11.2. The smallest absolute Gasteiger partial charge is 0.194 e. The fraction of sp³-hybridized carbons (Fsp3) is 0.267. The number of ether oxygens (including phenoxy) is 1. The molecule has 0 aliphatic carbocycles. The second-order valence-electron chi connectivity index (χ2n) is 4.64. The summed E-state index contributed by atoms with van der Waals surface area (Å²) in [5.74, 6) is 0.841. The Labute approximate surface area is 121 Å². The average molecular weight is 287 g/mol. The fourth-order valence-corrected chi connectivity index (χ4v) is 3.28. The summed E-state index contributed by atoms with van der Waals surface area (Å²) in [5, 5.41) is 0. The molecule has 0 saturated carbocycles. The minimum atomic E-state index is 0.602. The largest absolute Gasteiger partial charge is 0.496 e. The zero-order valence-electron chi connectivity index (χ0n) is 11.6. The third-order valence-corrected chi connectivity index (χ3v) is 4.18. The van der Waals surface area contributed by atoms with Crippen LogP contribution < -0.4 is 10.5 Å². The van der Waals surface area contributed by atoms with Crippen molar-refractivity contribution in [1.29, 1.82) is 0 Å². The highest BCUT2D eigenvalue weighted by Crippen LogP contribution is 2.34. The number of methoxy groups -OCH3 is 1. The summed E-state index contributed by atoms with van der Waals surface area (Å²) in [4.78, 5) is 7.03. The van der Waals surface area contributed by atoms with Gasteiger partial charge >= 0.3 is 0 Å². The Bertz CT molecular complexity index is 745. The Balaban J connectivity index is 2.24. The van der Waals surface area contributed by atoms with Crippen LogP contribution in [0.15, 0.2) is 30.5 Å². The van der Waals surface area contributed by atoms with E-state index < -0.39 is 0 Å². The van der Waals surface area contributed by atoms with Crippen LogP contribution in [0.2, 0.25) is 0 Å². The summed E-state index contributed by atoms with van der Waals surface area (Å²) < 4.78 is 7.60. The molecule has 4 nitrogen and oxygen atoms in total. The van der Waals surface area contributed by atoms with Gasteiger partial charge in [0.15, 0.2) is 4.96 Å². The Kier molecular flexibility index (Phi) is 3.46. The zero-order chi connectivity index (χ0) is 14.1. The standard InChI is InChI=1S/C15H17N3OS/c1-10-9-18-12(7-8-16)14(17-15(18)20-10)11-5-3-4-6-13(11)19-2/h3-6,9H,7-8,16H2,1-2H3. The molecule has 0 spiro atoms. The maximum Gasteiger partial charge on any atom is 0.194 e. The van der Waals surface area contributed by atoms with E-state index in [0.29, 0.717) is 6.54 Å². The first-order valence-electron chi connectivity index (χ1n) is 6.55. The van der Waals surface area contributed by atoms with Crippen molar-refractivity contribution in [3.05, 3.63) is 41.0 Å². The summed E-state index contributed by atoms with van der Waals surface area (Å²) >= 11 is 1.69. The van der Waals surface area contributed by atoms with E-state index in [9.17, 15) is 0 Å². The van der Waals surface area contributed by atoms with E-state index in [1.807, 2.05) is 24.3 Å². The number of rotatable bonds is 4. The molecule has 0 fully saturated rings. The molecule has 0 radical (unpaired) electrons. The summed E-state index contributed by atoms with van der Waals surface area (Å²) in [6.07, 6.45) is 2.92. The van der Waals surface area contributed by atoms with E-state index in [2.05, 4.69) is 17.5 Å². The van der Waals surface area contributed by atoms with Gasteiger partial charge in [-0.25, -0.2) is 4.98 Å². The van der Waals surface area contributed by atoms with Gasteiger partial charge in [-0.05, 0) is 25.6 Å². The predicted octanol–water partition coefficient (Wildman–Crippen LogP) is 2.88. The second kappa shape index (κ2) is 5.26. The maximum atomic E-state index is 5.77. The van der Waals surface area contributed by atoms with Gasteiger partial charge in [0.05, 0.1) is 18.5 Å². The van der Waals surface area contributed by atoms with E-state index in [1.54, 1.807) is 18.4 Å². The van der Waals surface area contributed by atoms with Gasteiger partial charge in [0, 0.05) is 23.1 Å². The van der Waals surface area contributed by atoms with Crippen molar-refractivity contribution in [2.45, 2.75) is 13.3 Å². The second-order valence-corrected chi connectivity index (χ2v) is 5.85. The van der Waals surface area contributed by atoms with Gasteiger partial charge in [-0.1, -0.05) is 12.1 Å². The van der Waals surface area contributed by atoms with Crippen molar-refractivity contribution in [3.63, 3.8) is 0 Å². The SMILES string of the molecule is COc1ccccc1-c1nc2sc(C)cn2c1CCN. The molecule has 0 aliphatic heterocycles. The lowest BCUT2D eigenvalue weighted by Gasteiger charge is -2.08. The number of hydrogen-bond acceptors (Lipinski definition) is 4. The van der Waals surface area contributed by atoms with Gasteiger partial charge in [-0.3, -0.25) is 4.40 Å². The molecule has 2 N–H and O–H groups in total. The molecule has 0 amide bonds. The predicted molar refractivity (Wildman–Crippen MR) is 82.6 cm³/mol. The molecule has 0 aliphatic rings. The average Bonchev–Trinajstić information content (AvgIpc) is 2.97. The van der Waals surface area contributed by atoms with Crippen LogP contribution >= 0.6 is 11.3 Å². The summed E-state index contributed by atoms with van der Waals surface area (Å²) in [5.41, 5.74) is 8.91. The topological polar surface area (TPSA) is 52.5 Å². The van der Waals surface area contributed by atoms with E-state index >= 15 is 0 Å². The fourth-order valence-electron chi connectivity index (χ4n) is 2.43. The molecule has 3 rings (SSSR count). The number of aryl methyl sites for hydroxylation is 1. The minimum Gasteiger partial charge on any atom is -0.496 e. The van der Waals surface area contributed by atoms with Crippen LogP contribution in [0.1, 0.15) is 10.6 Å². The Morgan fingerprint density at radius 3 is 2.90 bits per heavy atom. The van der Waals surface area contributed by atoms with Crippen LogP contribution in [0, 0.1) is 6.92 Å². The number of imidazole rings is 1. The molecular weight excluding hydrogens is 270 g/mol. The number of thiazole rings is 1. The van der Waals surface area contributed by atoms with Crippen LogP contribution in [-0.2, 0) is 6.42 Å². The van der Waals surface area contributed by atoms with E-state index in [4.69, 9.17) is 15.5 Å². The highest BCUT2D eigenvalue weighted by atomic mass is 32.1. The molecule has 0 atom stereocenters. The van der Waals surface area contributed by atoms with Crippen LogP contribution in [0.4, 0.5) is 0 Å². The zero-order valence-corrected chi connectivity index (χ0v) is 12.4. The summed E-state index contributed by atoms with van der Waals surface area (Å²) in [6, 6.07) is 7.97. The van der Waals surface area contributed by atoms with Crippen molar-refractivity contribution in [2.75, 3.05) is 13.7 Å². The third kappa shape index (κ3) is 2.09. The van der Waals surface area contributed by atoms with Gasteiger partial charge in [-0.2, -0.15) is 0 Å². The molecule has 0 saturated heterocycles. The molecule has 3 aromatic rings. The molecule has 104 valence electrons. The molecule has 0 bridgehead atoms. The molecule has 1 aromatic carbocycles. The summed E-state index contributed by atoms with van der Waals surface area (Å²) in [6.45, 7) is 2.69. The maximum absolute atomic E-state index is 5.77. The van der Waals surface area contributed by atoms with Gasteiger partial charge in [-0.15, -0.1) is 11.3 Å². The van der Waals surface area contributed by atoms with E-state index in [1.165, 1.54) is 4.88 Å². The van der Waals surface area contributed by atoms with Crippen LogP contribution in [0.3, 0.4) is 0 Å². The van der Waals surface area contributed by atoms with Crippen molar-refractivity contribution >= 4 is 16.3 Å². The number of nitrogens with two attached hydrogens (primary N) is 1. The minimum absolute atomic E-state index is 0.602. The van der Waals surface area contributed by atoms with E-state index in [0.717, 1.165) is 34.1 Å². The van der Waals surface area contributed by atoms with Crippen molar-refractivity contribution in [3.8, 4) is 17.0 Å². The molecule has 2 heterocycles. The van der Waals surface area contributed by atoms with E-state index in [-0.39, 0.29) is 0 Å². The molecule has 20 heavy (non-hydrogen) atoms. The van der Waals surface area contributed by atoms with Crippen LogP contribution in [0.5, 0.6) is 5.75 Å². The highest BCUT2D eigenvalue weighted by Gasteiger charge is 2.17. The third-order valence-electron chi connectivity index (χ3n) is 3.28. The number of fused-ring (bicyclic) bond motifs is 1. The number of hydrogen-bond donors (Lipinski definition) is 1. The Morgan fingerprint density at radius 2 is 2.15 bits per heavy atom. The Morgan fingerprint density at radius 1 is 1.35 bits per heavy atom. The monoisotopic (exact) mass is 287 g/mol. The lowest BCUT2D eigenvalue weighted by molar-refractivity contribution is 0.416. The number of benzene rings is 1. The number of aromatic nitrogens is 2. The van der Waals surface area contributed by atoms with Gasteiger partial charge in [0.2, 0.25) is 0 Å². The Hall–Kier alpha value is -1.85. The van der Waals surface area contributed by atoms with Crippen molar-refractivity contribution in [2.24, 2.45) is 5.73 Å².